The summed E-state index contributed by atoms with van der Waals surface area (Å²) in [5.41, 5.74) is 0.966. The molecule has 0 spiro atoms. The van der Waals surface area contributed by atoms with Crippen molar-refractivity contribution in [1.82, 2.24) is 15.2 Å². The number of pyridine rings is 1. The summed E-state index contributed by atoms with van der Waals surface area (Å²) in [4.78, 5) is 32.9. The molecule has 1 saturated carbocycles. The molecule has 1 aromatic heterocycles. The monoisotopic (exact) mass is 344 g/mol. The normalized spacial score (nSPS) is 23.8. The Bertz CT molecular complexity index is 638. The fourth-order valence-corrected chi connectivity index (χ4v) is 3.48. The summed E-state index contributed by atoms with van der Waals surface area (Å²) >= 11 is 0. The van der Waals surface area contributed by atoms with Gasteiger partial charge in [0, 0.05) is 44.8 Å². The van der Waals surface area contributed by atoms with Crippen molar-refractivity contribution >= 4 is 17.6 Å². The van der Waals surface area contributed by atoms with E-state index in [0.29, 0.717) is 25.6 Å². The van der Waals surface area contributed by atoms with E-state index in [1.807, 2.05) is 17.0 Å². The van der Waals surface area contributed by atoms with Crippen LogP contribution in [0, 0.1) is 5.92 Å². The highest BCUT2D eigenvalue weighted by Gasteiger charge is 2.41. The molecule has 0 aromatic carbocycles. The molecule has 3 fully saturated rings. The summed E-state index contributed by atoms with van der Waals surface area (Å²) in [5, 5.41) is 2.95. The summed E-state index contributed by atoms with van der Waals surface area (Å²) in [6.07, 6.45) is 4.32. The molecular weight excluding hydrogens is 320 g/mol. The molecular formula is C18H24N4O3. The molecule has 7 heteroatoms. The van der Waals surface area contributed by atoms with Gasteiger partial charge in [0.2, 0.25) is 11.8 Å². The van der Waals surface area contributed by atoms with Gasteiger partial charge in [-0.15, -0.1) is 0 Å². The Morgan fingerprint density at radius 3 is 2.76 bits per heavy atom. The number of carbonyl (C=O) groups is 2. The van der Waals surface area contributed by atoms with Crippen molar-refractivity contribution in [3.05, 3.63) is 23.9 Å². The first-order valence-electron chi connectivity index (χ1n) is 9.05. The molecule has 1 aliphatic carbocycles. The molecule has 2 saturated heterocycles. The number of anilines is 1. The Kier molecular flexibility index (Phi) is 4.57. The second-order valence-electron chi connectivity index (χ2n) is 7.02. The van der Waals surface area contributed by atoms with Crippen LogP contribution in [-0.4, -0.2) is 60.6 Å². The van der Waals surface area contributed by atoms with Gasteiger partial charge in [-0.1, -0.05) is 6.07 Å². The third-order valence-electron chi connectivity index (χ3n) is 5.13. The number of rotatable bonds is 5. The maximum absolute atomic E-state index is 12.3. The summed E-state index contributed by atoms with van der Waals surface area (Å²) in [6.45, 7) is 4.20. The summed E-state index contributed by atoms with van der Waals surface area (Å²) in [6, 6.07) is 4.37. The van der Waals surface area contributed by atoms with E-state index < -0.39 is 0 Å². The Hall–Kier alpha value is -2.15. The van der Waals surface area contributed by atoms with Gasteiger partial charge in [-0.25, -0.2) is 4.98 Å². The lowest BCUT2D eigenvalue weighted by Gasteiger charge is -2.27. The third-order valence-corrected chi connectivity index (χ3v) is 5.13. The molecule has 1 unspecified atom stereocenters. The fraction of sp³-hybridized carbons (Fsp3) is 0.611. The lowest BCUT2D eigenvalue weighted by atomic mass is 10.1. The Labute approximate surface area is 147 Å². The number of hydrogen-bond donors (Lipinski definition) is 1. The maximum atomic E-state index is 12.3. The van der Waals surface area contributed by atoms with Gasteiger partial charge in [-0.05, 0) is 24.5 Å². The van der Waals surface area contributed by atoms with Gasteiger partial charge in [-0.3, -0.25) is 9.59 Å². The molecule has 0 bridgehead atoms. The zero-order valence-corrected chi connectivity index (χ0v) is 14.3. The van der Waals surface area contributed by atoms with Crippen LogP contribution in [0.4, 0.5) is 5.82 Å². The zero-order valence-electron chi connectivity index (χ0n) is 14.3. The van der Waals surface area contributed by atoms with Crippen molar-refractivity contribution in [2.75, 3.05) is 37.7 Å². The van der Waals surface area contributed by atoms with E-state index in [0.717, 1.165) is 50.5 Å². The minimum absolute atomic E-state index is 0.0336. The molecule has 1 N–H and O–H groups in total. The molecule has 3 aliphatic rings. The zero-order chi connectivity index (χ0) is 17.2. The molecule has 2 amide bonds. The van der Waals surface area contributed by atoms with E-state index in [4.69, 9.17) is 4.74 Å². The second kappa shape index (κ2) is 7.00. The topological polar surface area (TPSA) is 74.8 Å². The van der Waals surface area contributed by atoms with Crippen molar-refractivity contribution in [1.29, 1.82) is 0 Å². The minimum atomic E-state index is -0.214. The maximum Gasteiger partial charge on any atom is 0.225 e. The van der Waals surface area contributed by atoms with Gasteiger partial charge in [0.25, 0.3) is 0 Å². The lowest BCUT2D eigenvalue weighted by molar-refractivity contribution is -0.129. The predicted molar refractivity (Wildman–Crippen MR) is 92.0 cm³/mol. The summed E-state index contributed by atoms with van der Waals surface area (Å²) in [5.74, 6) is 0.821. The largest absolute Gasteiger partial charge is 0.378 e. The van der Waals surface area contributed by atoms with Crippen molar-refractivity contribution in [2.45, 2.75) is 31.8 Å². The van der Waals surface area contributed by atoms with Crippen molar-refractivity contribution in [3.63, 3.8) is 0 Å². The highest BCUT2D eigenvalue weighted by atomic mass is 16.5. The molecule has 2 aliphatic heterocycles. The van der Waals surface area contributed by atoms with E-state index in [1.165, 1.54) is 0 Å². The van der Waals surface area contributed by atoms with Crippen LogP contribution in [0.5, 0.6) is 0 Å². The number of nitrogens with one attached hydrogen (secondary N) is 1. The molecule has 3 heterocycles. The number of nitrogens with zero attached hydrogens (tertiary/aromatic N) is 3. The first-order chi connectivity index (χ1) is 12.2. The van der Waals surface area contributed by atoms with Crippen molar-refractivity contribution < 1.29 is 14.3 Å². The van der Waals surface area contributed by atoms with Crippen LogP contribution < -0.4 is 10.2 Å². The van der Waals surface area contributed by atoms with Crippen LogP contribution in [0.15, 0.2) is 18.3 Å². The summed E-state index contributed by atoms with van der Waals surface area (Å²) in [7, 11) is 0. The Morgan fingerprint density at radius 1 is 1.28 bits per heavy atom. The van der Waals surface area contributed by atoms with Crippen LogP contribution in [0.2, 0.25) is 0 Å². The number of amides is 2. The fourth-order valence-electron chi connectivity index (χ4n) is 3.48. The molecule has 4 rings (SSSR count). The average molecular weight is 344 g/mol. The van der Waals surface area contributed by atoms with E-state index in [-0.39, 0.29) is 17.7 Å². The second-order valence-corrected chi connectivity index (χ2v) is 7.02. The first kappa shape index (κ1) is 16.3. The van der Waals surface area contributed by atoms with Gasteiger partial charge in [-0.2, -0.15) is 0 Å². The third kappa shape index (κ3) is 3.76. The van der Waals surface area contributed by atoms with E-state index >= 15 is 0 Å². The van der Waals surface area contributed by atoms with Gasteiger partial charge in [0.15, 0.2) is 0 Å². The lowest BCUT2D eigenvalue weighted by Crippen LogP contribution is -2.36. The van der Waals surface area contributed by atoms with Gasteiger partial charge in [0.1, 0.15) is 5.82 Å². The first-order valence-corrected chi connectivity index (χ1v) is 9.05. The number of aromatic nitrogens is 1. The molecule has 134 valence electrons. The van der Waals surface area contributed by atoms with E-state index in [1.54, 1.807) is 6.20 Å². The number of ether oxygens (including phenoxy) is 1. The van der Waals surface area contributed by atoms with Crippen LogP contribution in [0.3, 0.4) is 0 Å². The smallest absolute Gasteiger partial charge is 0.225 e. The average Bonchev–Trinajstić information content (AvgIpc) is 3.42. The summed E-state index contributed by atoms with van der Waals surface area (Å²) < 4.78 is 5.35. The van der Waals surface area contributed by atoms with E-state index in [9.17, 15) is 9.59 Å². The quantitative estimate of drug-likeness (QED) is 0.844. The van der Waals surface area contributed by atoms with Crippen LogP contribution >= 0.6 is 0 Å². The van der Waals surface area contributed by atoms with Gasteiger partial charge >= 0.3 is 0 Å². The number of carbonyl (C=O) groups excluding carboxylic acids is 2. The van der Waals surface area contributed by atoms with Crippen molar-refractivity contribution in [3.8, 4) is 0 Å². The molecule has 1 aromatic rings. The van der Waals surface area contributed by atoms with Gasteiger partial charge < -0.3 is 19.9 Å². The molecule has 25 heavy (non-hydrogen) atoms. The standard InChI is InChI=1S/C18H24N4O3/c23-17-9-14(12-22(17)15-2-3-15)18(24)20-11-13-1-4-16(19-10-13)21-5-7-25-8-6-21/h1,4,10,14-15H,2-3,5-9,11-12H2,(H,20,24). The highest BCUT2D eigenvalue weighted by Crippen LogP contribution is 2.32. The SMILES string of the molecule is O=C(NCc1ccc(N2CCOCC2)nc1)C1CC(=O)N(C2CC2)C1. The van der Waals surface area contributed by atoms with Crippen molar-refractivity contribution in [2.24, 2.45) is 5.92 Å². The molecule has 7 nitrogen and oxygen atoms in total. The van der Waals surface area contributed by atoms with Crippen LogP contribution in [0.25, 0.3) is 0 Å². The predicted octanol–water partition coefficient (Wildman–Crippen LogP) is 0.545. The number of morpholine rings is 1. The molecule has 1 atom stereocenters. The Morgan fingerprint density at radius 2 is 2.08 bits per heavy atom. The van der Waals surface area contributed by atoms with Gasteiger partial charge in [0.05, 0.1) is 19.1 Å². The minimum Gasteiger partial charge on any atom is -0.378 e. The molecule has 0 radical (unpaired) electrons. The van der Waals surface area contributed by atoms with Crippen LogP contribution in [-0.2, 0) is 20.9 Å². The number of likely N-dealkylation sites (tertiary alicyclic amines) is 1. The Balaban J connectivity index is 1.27. The van der Waals surface area contributed by atoms with E-state index in [2.05, 4.69) is 15.2 Å². The van der Waals surface area contributed by atoms with Crippen LogP contribution in [0.1, 0.15) is 24.8 Å². The number of hydrogen-bond acceptors (Lipinski definition) is 5. The highest BCUT2D eigenvalue weighted by molar-refractivity contribution is 5.89.